The van der Waals surface area contributed by atoms with E-state index in [-0.39, 0.29) is 23.8 Å². The zero-order valence-corrected chi connectivity index (χ0v) is 18.9. The highest BCUT2D eigenvalue weighted by Crippen LogP contribution is 2.33. The minimum absolute atomic E-state index is 0.0405. The third-order valence-corrected chi connectivity index (χ3v) is 7.37. The van der Waals surface area contributed by atoms with E-state index >= 15 is 0 Å². The van der Waals surface area contributed by atoms with E-state index in [1.165, 1.54) is 0 Å². The quantitative estimate of drug-likeness (QED) is 0.396. The van der Waals surface area contributed by atoms with Gasteiger partial charge in [0.2, 0.25) is 10.9 Å². The van der Waals surface area contributed by atoms with Gasteiger partial charge in [-0.1, -0.05) is 60.3 Å². The molecule has 4 rings (SSSR count). The van der Waals surface area contributed by atoms with Gasteiger partial charge in [-0.25, -0.2) is 4.79 Å². The summed E-state index contributed by atoms with van der Waals surface area (Å²) in [6, 6.07) is 16.8. The first-order chi connectivity index (χ1) is 15.8. The number of thioether (sulfide) groups is 1. The Morgan fingerprint density at radius 2 is 1.79 bits per heavy atom. The van der Waals surface area contributed by atoms with Crippen LogP contribution in [-0.2, 0) is 4.79 Å². The maximum absolute atomic E-state index is 13.4. The molecule has 1 aromatic heterocycles. The Morgan fingerprint density at radius 3 is 2.42 bits per heavy atom. The summed E-state index contributed by atoms with van der Waals surface area (Å²) in [6.07, 6.45) is -0.386. The molecule has 1 saturated heterocycles. The van der Waals surface area contributed by atoms with Crippen molar-refractivity contribution in [2.45, 2.75) is 37.5 Å². The van der Waals surface area contributed by atoms with Crippen LogP contribution in [0.15, 0.2) is 65.1 Å². The topological polar surface area (TPSA) is 102 Å². The summed E-state index contributed by atoms with van der Waals surface area (Å²) >= 11 is 0.737. The highest BCUT2D eigenvalue weighted by molar-refractivity contribution is 8.15. The molecule has 170 valence electrons. The maximum atomic E-state index is 13.4. The van der Waals surface area contributed by atoms with Crippen molar-refractivity contribution in [2.75, 3.05) is 6.54 Å². The molecule has 0 saturated carbocycles. The van der Waals surface area contributed by atoms with Gasteiger partial charge in [-0.05, 0) is 19.1 Å². The van der Waals surface area contributed by atoms with Gasteiger partial charge in [-0.3, -0.25) is 9.59 Å². The normalized spacial score (nSPS) is 21.1. The van der Waals surface area contributed by atoms with E-state index in [0.717, 1.165) is 17.1 Å². The highest BCUT2D eigenvalue weighted by atomic mass is 32.2. The number of carbonyl (C=O) groups excluding carboxylic acids is 3. The Balaban J connectivity index is 1.66. The van der Waals surface area contributed by atoms with E-state index in [1.807, 2.05) is 6.07 Å². The largest absolute Gasteiger partial charge is 0.521 e. The zero-order chi connectivity index (χ0) is 23.6. The number of likely N-dealkylation sites (tertiary alicyclic amines) is 1. The van der Waals surface area contributed by atoms with Crippen molar-refractivity contribution >= 4 is 45.6 Å². The third-order valence-electron chi connectivity index (χ3n) is 6.25. The molecule has 3 atom stereocenters. The number of hydrogen-bond donors (Lipinski definition) is 1. The van der Waals surface area contributed by atoms with Crippen LogP contribution in [-0.4, -0.2) is 50.3 Å². The van der Waals surface area contributed by atoms with E-state index in [1.54, 1.807) is 61.5 Å². The molecular weight excluding hydrogens is 442 g/mol. The molecule has 1 aliphatic heterocycles. The fourth-order valence-corrected chi connectivity index (χ4v) is 5.36. The molecule has 7 nitrogen and oxygen atoms in total. The molecule has 1 aliphatic rings. The Hall–Kier alpha value is -3.23. The van der Waals surface area contributed by atoms with Crippen LogP contribution in [0.3, 0.4) is 0 Å². The molecule has 0 spiro atoms. The smallest absolute Gasteiger partial charge is 0.453 e. The van der Waals surface area contributed by atoms with Gasteiger partial charge in [0.1, 0.15) is 11.6 Å². The summed E-state index contributed by atoms with van der Waals surface area (Å²) in [5.74, 6) is -1.04. The summed E-state index contributed by atoms with van der Waals surface area (Å²) < 4.78 is 4.97. The number of fused-ring (bicyclic) bond motifs is 1. The van der Waals surface area contributed by atoms with E-state index < -0.39 is 33.6 Å². The first-order valence-corrected chi connectivity index (χ1v) is 11.6. The van der Waals surface area contributed by atoms with Crippen molar-refractivity contribution in [2.24, 2.45) is 0 Å². The number of Topliss-reactive ketones (excluding diaryl/α,β-unsaturated/α-hetero) is 1. The monoisotopic (exact) mass is 466 g/mol. The molecular formula is C25H24NO6S+. The van der Waals surface area contributed by atoms with Gasteiger partial charge in [-0.2, -0.15) is 9.28 Å². The number of ketones is 1. The number of nitrogens with zero attached hydrogens (tertiary/aromatic N) is 1. The molecule has 1 N–H and O–H groups in total. The van der Waals surface area contributed by atoms with Crippen molar-refractivity contribution in [1.82, 2.24) is 0 Å². The number of benzene rings is 2. The Bertz CT molecular complexity index is 1190. The number of hydrogen-bond acceptors (Lipinski definition) is 6. The van der Waals surface area contributed by atoms with Crippen molar-refractivity contribution in [3.05, 3.63) is 72.0 Å². The number of amides is 2. The average Bonchev–Trinajstić information content (AvgIpc) is 3.42. The van der Waals surface area contributed by atoms with Crippen molar-refractivity contribution in [3.63, 3.8) is 0 Å². The molecule has 2 aromatic carbocycles. The minimum Gasteiger partial charge on any atom is -0.453 e. The Labute approximate surface area is 195 Å². The fraction of sp³-hybridized carbons (Fsp3) is 0.280. The zero-order valence-electron chi connectivity index (χ0n) is 18.1. The molecule has 0 bridgehead atoms. The third kappa shape index (κ3) is 4.36. The lowest BCUT2D eigenvalue weighted by molar-refractivity contribution is -0.792. The molecule has 8 heteroatoms. The summed E-state index contributed by atoms with van der Waals surface area (Å²) in [4.78, 5) is 51.8. The number of carbonyl (C=O) groups is 4. The van der Waals surface area contributed by atoms with Gasteiger partial charge >= 0.3 is 12.0 Å². The van der Waals surface area contributed by atoms with Crippen LogP contribution in [0.2, 0.25) is 0 Å². The van der Waals surface area contributed by atoms with Crippen LogP contribution in [0.1, 0.15) is 47.1 Å². The molecule has 33 heavy (non-hydrogen) atoms. The lowest BCUT2D eigenvalue weighted by Crippen LogP contribution is -2.59. The first kappa shape index (κ1) is 22.9. The maximum Gasteiger partial charge on any atom is 0.521 e. The van der Waals surface area contributed by atoms with Gasteiger partial charge in [0.05, 0.1) is 18.2 Å². The highest BCUT2D eigenvalue weighted by Gasteiger charge is 2.53. The van der Waals surface area contributed by atoms with Gasteiger partial charge in [0.25, 0.3) is 0 Å². The number of para-hydroxylation sites is 1. The van der Waals surface area contributed by atoms with Crippen LogP contribution in [0.4, 0.5) is 4.79 Å². The van der Waals surface area contributed by atoms with Crippen LogP contribution < -0.4 is 0 Å². The van der Waals surface area contributed by atoms with E-state index in [2.05, 4.69) is 0 Å². The van der Waals surface area contributed by atoms with Crippen molar-refractivity contribution in [3.8, 4) is 0 Å². The number of rotatable bonds is 6. The van der Waals surface area contributed by atoms with Crippen LogP contribution >= 0.6 is 11.8 Å². The molecule has 1 fully saturated rings. The van der Waals surface area contributed by atoms with Crippen LogP contribution in [0, 0.1) is 0 Å². The van der Waals surface area contributed by atoms with Crippen LogP contribution in [0.5, 0.6) is 0 Å². The van der Waals surface area contributed by atoms with Crippen LogP contribution in [0.25, 0.3) is 11.0 Å². The number of imide groups is 1. The lowest BCUT2D eigenvalue weighted by atomic mass is 10.1. The summed E-state index contributed by atoms with van der Waals surface area (Å²) in [5, 5.41) is 9.16. The molecule has 2 unspecified atom stereocenters. The van der Waals surface area contributed by atoms with Gasteiger partial charge in [0.15, 0.2) is 5.76 Å². The number of furan rings is 1. The van der Waals surface area contributed by atoms with E-state index in [0.29, 0.717) is 24.0 Å². The van der Waals surface area contributed by atoms with Crippen molar-refractivity contribution in [1.29, 1.82) is 0 Å². The van der Waals surface area contributed by atoms with Gasteiger partial charge < -0.3 is 9.52 Å². The minimum atomic E-state index is -1.22. The summed E-state index contributed by atoms with van der Waals surface area (Å²) in [6.45, 7) is 1.91. The fourth-order valence-electron chi connectivity index (χ4n) is 4.38. The Kier molecular flexibility index (Phi) is 6.49. The second-order valence-electron chi connectivity index (χ2n) is 8.24. The molecule has 0 radical (unpaired) electrons. The molecule has 3 aromatic rings. The summed E-state index contributed by atoms with van der Waals surface area (Å²) in [7, 11) is 0. The number of quaternary nitrogens is 1. The predicted molar refractivity (Wildman–Crippen MR) is 124 cm³/mol. The van der Waals surface area contributed by atoms with Gasteiger partial charge in [0, 0.05) is 23.8 Å². The lowest BCUT2D eigenvalue weighted by Gasteiger charge is -2.30. The van der Waals surface area contributed by atoms with Gasteiger partial charge in [-0.15, -0.1) is 0 Å². The van der Waals surface area contributed by atoms with Crippen molar-refractivity contribution < 1.29 is 33.2 Å². The molecule has 2 amide bonds. The number of carboxylic acid groups (broad SMARTS) is 1. The summed E-state index contributed by atoms with van der Waals surface area (Å²) in [5.41, 5.74) is 0.918. The van der Waals surface area contributed by atoms with E-state index in [9.17, 15) is 24.3 Å². The molecule has 2 heterocycles. The first-order valence-electron chi connectivity index (χ1n) is 10.8. The second kappa shape index (κ2) is 9.33. The Morgan fingerprint density at radius 1 is 1.09 bits per heavy atom. The average molecular weight is 467 g/mol. The van der Waals surface area contributed by atoms with E-state index in [4.69, 9.17) is 4.42 Å². The SMILES string of the molecule is C[C@@H]1CCC[N+]1(C(=O)O)C(=O)CC(SC(=O)c1ccccc1)C(=O)c1cc2ccccc2o1. The molecule has 0 aliphatic carbocycles. The second-order valence-corrected chi connectivity index (χ2v) is 9.41. The predicted octanol–water partition coefficient (Wildman–Crippen LogP) is 5.15. The standard InChI is InChI=1S/C25H23NO6S/c1-16-8-7-13-26(16,25(30)31)22(27)15-21(33-24(29)17-9-3-2-4-10-17)23(28)20-14-18-11-5-6-12-19(18)32-20/h2-6,9-12,14,16,21H,7-8,13,15H2,1H3/p+1/t16-,21?,26?/m1/s1.